The van der Waals surface area contributed by atoms with Crippen molar-refractivity contribution in [1.82, 2.24) is 0 Å². The van der Waals surface area contributed by atoms with Gasteiger partial charge in [0.1, 0.15) is 23.8 Å². The van der Waals surface area contributed by atoms with E-state index in [0.29, 0.717) is 11.1 Å². The molecule has 6 nitrogen and oxygen atoms in total. The van der Waals surface area contributed by atoms with Gasteiger partial charge in [0.2, 0.25) is 11.5 Å². The van der Waals surface area contributed by atoms with Crippen LogP contribution in [0.15, 0.2) is 70.6 Å². The molecule has 1 aliphatic carbocycles. The van der Waals surface area contributed by atoms with Crippen molar-refractivity contribution in [1.29, 1.82) is 0 Å². The zero-order chi connectivity index (χ0) is 34.6. The van der Waals surface area contributed by atoms with Crippen molar-refractivity contribution in [2.24, 2.45) is 0 Å². The van der Waals surface area contributed by atoms with E-state index >= 15 is 0 Å². The van der Waals surface area contributed by atoms with Gasteiger partial charge in [-0.3, -0.25) is 4.79 Å². The number of ether oxygens (including phenoxy) is 2. The number of aliphatic hydroxyl groups is 1. The second-order valence-electron chi connectivity index (χ2n) is 14.7. The van der Waals surface area contributed by atoms with Crippen molar-refractivity contribution in [2.45, 2.75) is 123 Å². The Morgan fingerprint density at radius 1 is 0.812 bits per heavy atom. The van der Waals surface area contributed by atoms with E-state index in [-0.39, 0.29) is 22.4 Å². The zero-order valence-electron chi connectivity index (χ0n) is 30.6. The lowest BCUT2D eigenvalue weighted by Gasteiger charge is -2.30. The summed E-state index contributed by atoms with van der Waals surface area (Å²) in [4.78, 5) is 14.3. The lowest BCUT2D eigenvalue weighted by molar-refractivity contribution is -0.438. The van der Waals surface area contributed by atoms with Gasteiger partial charge < -0.3 is 19.9 Å². The number of carbonyl (C=O) groups is 1. The number of allylic oxidation sites excluding steroid dienone is 5. The van der Waals surface area contributed by atoms with Gasteiger partial charge in [-0.05, 0) is 74.6 Å². The molecule has 48 heavy (non-hydrogen) atoms. The van der Waals surface area contributed by atoms with Crippen LogP contribution in [0.1, 0.15) is 123 Å². The summed E-state index contributed by atoms with van der Waals surface area (Å²) >= 11 is 0. The molecule has 3 aliphatic rings. The highest BCUT2D eigenvalue weighted by Crippen LogP contribution is 2.50. The summed E-state index contributed by atoms with van der Waals surface area (Å²) in [7, 11) is 3.39. The van der Waals surface area contributed by atoms with Crippen molar-refractivity contribution in [3.63, 3.8) is 0 Å². The lowest BCUT2D eigenvalue weighted by Crippen LogP contribution is -2.32. The Labute approximate surface area is 288 Å². The second kappa shape index (κ2) is 14.8. The van der Waals surface area contributed by atoms with Crippen molar-refractivity contribution >= 4 is 22.9 Å². The Bertz CT molecular complexity index is 1670. The van der Waals surface area contributed by atoms with Crippen LogP contribution in [-0.2, 0) is 15.6 Å². The number of nitrogens with zero attached hydrogens (tertiary/aromatic N) is 1. The molecule has 0 atom stereocenters. The van der Waals surface area contributed by atoms with Crippen LogP contribution in [0.2, 0.25) is 0 Å². The molecular formula is C42H57N2O4+. The van der Waals surface area contributed by atoms with Crippen molar-refractivity contribution in [3.05, 3.63) is 81.8 Å². The van der Waals surface area contributed by atoms with Crippen LogP contribution < -0.4 is 14.8 Å². The van der Waals surface area contributed by atoms with E-state index < -0.39 is 0 Å². The standard InChI is InChI=1S/C42H56N2O4/c1-9-11-13-15-17-19-30(40-42(5,6)32-25-28(47-7)20-22-34(32)43-40)37-38(45)31(39(37)46)27-36-41(3,4)33-26-29(48-8)21-23-35(33)44(36)24-18-16-14-12-10-2/h20-23,25-27H,9-19,24H2,1-8H3,(H,45,46)/p+1. The normalized spacial score (nSPS) is 19.3. The molecule has 0 spiro atoms. The number of rotatable bonds is 16. The molecule has 2 aromatic carbocycles. The van der Waals surface area contributed by atoms with Crippen LogP contribution in [0.25, 0.3) is 0 Å². The highest BCUT2D eigenvalue weighted by atomic mass is 16.5. The van der Waals surface area contributed by atoms with Gasteiger partial charge >= 0.3 is 0 Å². The van der Waals surface area contributed by atoms with Crippen LogP contribution in [0.4, 0.5) is 11.4 Å². The van der Waals surface area contributed by atoms with Gasteiger partial charge in [0.15, 0.2) is 5.71 Å². The highest BCUT2D eigenvalue weighted by molar-refractivity contribution is 6.25. The molecule has 0 fully saturated rings. The van der Waals surface area contributed by atoms with Gasteiger partial charge in [0.05, 0.1) is 30.8 Å². The molecule has 2 aromatic rings. The molecule has 0 saturated heterocycles. The molecule has 6 heteroatoms. The number of unbranched alkanes of at least 4 members (excludes halogenated alkanes) is 8. The number of methoxy groups -OCH3 is 2. The number of carbonyl (C=O) groups excluding carboxylic acids is 1. The minimum atomic E-state index is -0.382. The van der Waals surface area contributed by atoms with Crippen LogP contribution in [0.5, 0.6) is 11.5 Å². The van der Waals surface area contributed by atoms with Crippen LogP contribution >= 0.6 is 0 Å². The number of hydrogen-bond acceptors (Lipinski definition) is 5. The van der Waals surface area contributed by atoms with Crippen LogP contribution in [0.3, 0.4) is 0 Å². The van der Waals surface area contributed by atoms with Gasteiger partial charge in [-0.1, -0.05) is 72.6 Å². The number of anilines is 1. The summed E-state index contributed by atoms with van der Waals surface area (Å²) < 4.78 is 13.5. The molecule has 2 N–H and O–H groups in total. The maximum atomic E-state index is 14.3. The van der Waals surface area contributed by atoms with Crippen molar-refractivity contribution in [2.75, 3.05) is 26.1 Å². The number of Topliss-reactive ketones (excluding diaryl/α,β-unsaturated/α-hetero) is 1. The summed E-state index contributed by atoms with van der Waals surface area (Å²) in [6.45, 7) is 14.1. The number of benzene rings is 2. The number of nitrogens with one attached hydrogen (secondary N) is 1. The molecule has 2 heterocycles. The minimum absolute atomic E-state index is 0.0746. The van der Waals surface area contributed by atoms with E-state index in [1.165, 1.54) is 50.5 Å². The largest absolute Gasteiger partial charge is 0.506 e. The molecule has 0 unspecified atom stereocenters. The van der Waals surface area contributed by atoms with E-state index in [4.69, 9.17) is 9.47 Å². The van der Waals surface area contributed by atoms with Gasteiger partial charge in [-0.2, -0.15) is 4.58 Å². The zero-order valence-corrected chi connectivity index (χ0v) is 30.6. The molecule has 258 valence electrons. The Morgan fingerprint density at radius 3 is 2.04 bits per heavy atom. The smallest absolute Gasteiger partial charge is 0.210 e. The maximum absolute atomic E-state index is 14.3. The van der Waals surface area contributed by atoms with Gasteiger partial charge in [0, 0.05) is 40.9 Å². The molecule has 0 bridgehead atoms. The van der Waals surface area contributed by atoms with Gasteiger partial charge in [-0.25, -0.2) is 0 Å². The fraction of sp³-hybridized carbons (Fsp3) is 0.524. The quantitative estimate of drug-likeness (QED) is 0.107. The molecule has 0 aromatic heterocycles. The van der Waals surface area contributed by atoms with E-state index in [2.05, 4.69) is 69.6 Å². The third-order valence-corrected chi connectivity index (χ3v) is 10.7. The van der Waals surface area contributed by atoms with Gasteiger partial charge in [0.25, 0.3) is 0 Å². The molecule has 0 radical (unpaired) electrons. The Morgan fingerprint density at radius 2 is 1.42 bits per heavy atom. The second-order valence-corrected chi connectivity index (χ2v) is 14.7. The molecule has 5 rings (SSSR count). The SMILES string of the molecule is CCCCCCCC(C1=C(O)C(=CC2=[N+](CCCCCCC)c3ccc(OC)cc3C2(C)C)C1=O)=C1Nc2ccc(OC)cc2C1(C)C. The van der Waals surface area contributed by atoms with Crippen LogP contribution in [0, 0.1) is 0 Å². The predicted molar refractivity (Wildman–Crippen MR) is 197 cm³/mol. The van der Waals surface area contributed by atoms with Crippen molar-refractivity contribution in [3.8, 4) is 11.5 Å². The Hall–Kier alpha value is -3.80. The van der Waals surface area contributed by atoms with E-state index in [0.717, 1.165) is 77.6 Å². The third-order valence-electron chi connectivity index (χ3n) is 10.7. The fourth-order valence-electron chi connectivity index (χ4n) is 7.76. The number of hydrogen-bond donors (Lipinski definition) is 2. The van der Waals surface area contributed by atoms with E-state index in [1.807, 2.05) is 24.3 Å². The maximum Gasteiger partial charge on any atom is 0.210 e. The summed E-state index contributed by atoms with van der Waals surface area (Å²) in [5, 5.41) is 15.5. The van der Waals surface area contributed by atoms with E-state index in [1.54, 1.807) is 14.2 Å². The van der Waals surface area contributed by atoms with E-state index in [9.17, 15) is 9.90 Å². The van der Waals surface area contributed by atoms with Crippen molar-refractivity contribution < 1.29 is 24.0 Å². The number of aliphatic hydroxyl groups excluding tert-OH is 1. The van der Waals surface area contributed by atoms with Crippen LogP contribution in [-0.4, -0.2) is 41.9 Å². The summed E-state index contributed by atoms with van der Waals surface area (Å²) in [6, 6.07) is 12.4. The monoisotopic (exact) mass is 653 g/mol. The molecule has 0 saturated carbocycles. The average Bonchev–Trinajstić information content (AvgIpc) is 3.46. The number of fused-ring (bicyclic) bond motifs is 2. The third kappa shape index (κ3) is 6.60. The Kier molecular flexibility index (Phi) is 10.9. The minimum Gasteiger partial charge on any atom is -0.506 e. The summed E-state index contributed by atoms with van der Waals surface area (Å²) in [6.07, 6.45) is 14.2. The first-order valence-electron chi connectivity index (χ1n) is 18.2. The summed E-state index contributed by atoms with van der Waals surface area (Å²) in [5.74, 6) is 1.67. The first kappa shape index (κ1) is 35.5. The highest BCUT2D eigenvalue weighted by Gasteiger charge is 2.48. The lowest BCUT2D eigenvalue weighted by atomic mass is 9.74. The predicted octanol–water partition coefficient (Wildman–Crippen LogP) is 10.4. The molecule has 2 aliphatic heterocycles. The molecular weight excluding hydrogens is 596 g/mol. The summed E-state index contributed by atoms with van der Waals surface area (Å²) in [5.41, 5.74) is 7.58. The number of ketones is 1. The Balaban J connectivity index is 1.56. The first-order valence-corrected chi connectivity index (χ1v) is 18.2. The topological polar surface area (TPSA) is 70.8 Å². The van der Waals surface area contributed by atoms with Gasteiger partial charge in [-0.15, -0.1) is 0 Å². The fourth-order valence-corrected chi connectivity index (χ4v) is 7.76. The average molecular weight is 654 g/mol. The molecule has 0 amide bonds. The first-order chi connectivity index (χ1) is 23.0.